The third-order valence-electron chi connectivity index (χ3n) is 8.19. The van der Waals surface area contributed by atoms with E-state index in [9.17, 15) is 0 Å². The molecule has 4 rings (SSSR count). The zero-order chi connectivity index (χ0) is 20.7. The maximum atomic E-state index is 5.59. The Labute approximate surface area is 185 Å². The van der Waals surface area contributed by atoms with Gasteiger partial charge in [-0.2, -0.15) is 0 Å². The summed E-state index contributed by atoms with van der Waals surface area (Å²) in [6, 6.07) is 11.0. The molecule has 2 saturated carbocycles. The van der Waals surface area contributed by atoms with Gasteiger partial charge in [-0.15, -0.1) is 0 Å². The van der Waals surface area contributed by atoms with Gasteiger partial charge in [0, 0.05) is 11.6 Å². The fourth-order valence-corrected chi connectivity index (χ4v) is 6.51. The highest BCUT2D eigenvalue weighted by molar-refractivity contribution is 6.04. The number of aromatic nitrogens is 1. The van der Waals surface area contributed by atoms with Crippen molar-refractivity contribution in [2.75, 3.05) is 6.54 Å². The molecule has 160 valence electrons. The fourth-order valence-electron chi connectivity index (χ4n) is 6.51. The van der Waals surface area contributed by atoms with Crippen molar-refractivity contribution in [3.05, 3.63) is 42.1 Å². The minimum Gasteiger partial charge on any atom is -0.366 e. The molecule has 2 fully saturated rings. The summed E-state index contributed by atoms with van der Waals surface area (Å²) < 4.78 is 0. The molecule has 2 aliphatic carbocycles. The number of nitrogens with one attached hydrogen (secondary N) is 1. The number of hydrogen-bond acceptors (Lipinski definition) is 2. The number of nitrogens with zero attached hydrogens (tertiary/aromatic N) is 1. The normalized spacial score (nSPS) is 29.3. The lowest BCUT2D eigenvalue weighted by molar-refractivity contribution is 0.147. The average Bonchev–Trinajstić information content (AvgIpc) is 2.76. The van der Waals surface area contributed by atoms with Crippen LogP contribution in [0, 0.1) is 11.3 Å². The van der Waals surface area contributed by atoms with Gasteiger partial charge < -0.3 is 5.23 Å². The molecular formula is C27H39BN2. The maximum Gasteiger partial charge on any atom is 0.177 e. The Morgan fingerprint density at radius 3 is 2.20 bits per heavy atom. The molecule has 2 aliphatic rings. The molecule has 1 aromatic carbocycles. The lowest BCUT2D eigenvalue weighted by Crippen LogP contribution is -2.27. The molecule has 0 saturated heterocycles. The van der Waals surface area contributed by atoms with Crippen LogP contribution in [0.2, 0.25) is 0 Å². The van der Waals surface area contributed by atoms with Crippen molar-refractivity contribution in [2.24, 2.45) is 11.3 Å². The highest BCUT2D eigenvalue weighted by Crippen LogP contribution is 2.45. The second-order valence-electron chi connectivity index (χ2n) is 10.2. The number of hydrogen-bond donors (Lipinski definition) is 1. The topological polar surface area (TPSA) is 24.9 Å². The predicted molar refractivity (Wildman–Crippen MR) is 129 cm³/mol. The van der Waals surface area contributed by atoms with E-state index in [4.69, 9.17) is 7.98 Å². The zero-order valence-electron chi connectivity index (χ0n) is 18.7. The van der Waals surface area contributed by atoms with Crippen molar-refractivity contribution in [3.63, 3.8) is 0 Å². The molecule has 0 aliphatic heterocycles. The molecule has 30 heavy (non-hydrogen) atoms. The van der Waals surface area contributed by atoms with E-state index in [2.05, 4.69) is 40.5 Å². The van der Waals surface area contributed by atoms with Gasteiger partial charge in [-0.05, 0) is 92.9 Å². The van der Waals surface area contributed by atoms with Crippen LogP contribution >= 0.6 is 0 Å². The number of rotatable bonds is 3. The minimum atomic E-state index is 0.636. The van der Waals surface area contributed by atoms with E-state index < -0.39 is 0 Å². The van der Waals surface area contributed by atoms with Crippen LogP contribution in [0.3, 0.4) is 0 Å². The number of pyridine rings is 1. The second-order valence-corrected chi connectivity index (χ2v) is 10.2. The molecule has 0 unspecified atom stereocenters. The Kier molecular flexibility index (Phi) is 7.87. The molecule has 2 radical (unpaired) electrons. The van der Waals surface area contributed by atoms with Gasteiger partial charge in [0.25, 0.3) is 0 Å². The highest BCUT2D eigenvalue weighted by atomic mass is 14.7. The van der Waals surface area contributed by atoms with Crippen molar-refractivity contribution in [1.29, 1.82) is 0 Å². The molecular weight excluding hydrogens is 363 g/mol. The largest absolute Gasteiger partial charge is 0.366 e. The summed E-state index contributed by atoms with van der Waals surface area (Å²) in [5, 5.41) is 4.29. The summed E-state index contributed by atoms with van der Waals surface area (Å²) in [5.74, 6) is 1.50. The highest BCUT2D eigenvalue weighted by Gasteiger charge is 2.31. The lowest BCUT2D eigenvalue weighted by atomic mass is 9.68. The third-order valence-corrected chi connectivity index (χ3v) is 8.19. The maximum absolute atomic E-state index is 5.59. The van der Waals surface area contributed by atoms with Gasteiger partial charge in [0.1, 0.15) is 0 Å². The first kappa shape index (κ1) is 21.9. The van der Waals surface area contributed by atoms with Crippen molar-refractivity contribution >= 4 is 18.9 Å². The van der Waals surface area contributed by atoms with Crippen LogP contribution in [0.15, 0.2) is 36.5 Å². The van der Waals surface area contributed by atoms with Gasteiger partial charge in [0.15, 0.2) is 7.98 Å². The first-order valence-corrected chi connectivity index (χ1v) is 12.6. The summed E-state index contributed by atoms with van der Waals surface area (Å²) in [6.07, 6.45) is 21.6. The summed E-state index contributed by atoms with van der Waals surface area (Å²) in [7, 11) is 5.59. The Morgan fingerprint density at radius 1 is 0.833 bits per heavy atom. The molecule has 2 nitrogen and oxygen atoms in total. The molecule has 1 N–H and O–H groups in total. The fraction of sp³-hybridized carbons (Fsp3) is 0.667. The third kappa shape index (κ3) is 5.47. The first-order chi connectivity index (χ1) is 14.8. The van der Waals surface area contributed by atoms with Crippen LogP contribution in [0.5, 0.6) is 0 Å². The molecule has 1 heterocycles. The first-order valence-electron chi connectivity index (χ1n) is 12.6. The van der Waals surface area contributed by atoms with Crippen molar-refractivity contribution < 1.29 is 0 Å². The van der Waals surface area contributed by atoms with Crippen LogP contribution in [0.4, 0.5) is 0 Å². The van der Waals surface area contributed by atoms with E-state index in [1.165, 1.54) is 95.3 Å². The summed E-state index contributed by atoms with van der Waals surface area (Å²) in [5.41, 5.74) is 3.34. The molecule has 0 atom stereocenters. The molecule has 0 amide bonds. The van der Waals surface area contributed by atoms with Crippen LogP contribution < -0.4 is 5.23 Å². The zero-order valence-corrected chi connectivity index (χ0v) is 18.7. The molecule has 2 aromatic rings. The quantitative estimate of drug-likeness (QED) is 0.555. The lowest BCUT2D eigenvalue weighted by Gasteiger charge is -2.38. The minimum absolute atomic E-state index is 0.636. The average molecular weight is 402 g/mol. The van der Waals surface area contributed by atoms with Crippen molar-refractivity contribution in [3.8, 4) is 0 Å². The Bertz CT molecular complexity index is 760. The summed E-state index contributed by atoms with van der Waals surface area (Å²) in [4.78, 5) is 4.59. The summed E-state index contributed by atoms with van der Waals surface area (Å²) in [6.45, 7) is 0.998. The van der Waals surface area contributed by atoms with E-state index in [0.29, 0.717) is 11.3 Å². The number of benzene rings is 1. The number of fused-ring (bicyclic) bond motifs is 1. The van der Waals surface area contributed by atoms with Gasteiger partial charge in [0.05, 0.1) is 5.52 Å². The van der Waals surface area contributed by atoms with Gasteiger partial charge in [-0.1, -0.05) is 56.7 Å². The van der Waals surface area contributed by atoms with Crippen LogP contribution in [0.25, 0.3) is 10.9 Å². The van der Waals surface area contributed by atoms with Crippen LogP contribution in [0.1, 0.15) is 101 Å². The molecule has 1 aromatic heterocycles. The molecule has 0 bridgehead atoms. The second kappa shape index (κ2) is 10.8. The molecule has 1 spiro atoms. The van der Waals surface area contributed by atoms with Gasteiger partial charge >= 0.3 is 0 Å². The number of para-hydroxylation sites is 1. The van der Waals surface area contributed by atoms with E-state index in [1.807, 2.05) is 6.20 Å². The molecule has 3 heteroatoms. The Hall–Kier alpha value is -1.35. The predicted octanol–water partition coefficient (Wildman–Crippen LogP) is 7.08. The van der Waals surface area contributed by atoms with Gasteiger partial charge in [-0.25, -0.2) is 0 Å². The van der Waals surface area contributed by atoms with Crippen LogP contribution in [-0.4, -0.2) is 19.5 Å². The Morgan fingerprint density at radius 2 is 1.50 bits per heavy atom. The van der Waals surface area contributed by atoms with E-state index in [-0.39, 0.29) is 0 Å². The van der Waals surface area contributed by atoms with E-state index >= 15 is 0 Å². The van der Waals surface area contributed by atoms with Gasteiger partial charge in [-0.3, -0.25) is 4.98 Å². The van der Waals surface area contributed by atoms with Crippen molar-refractivity contribution in [2.45, 2.75) is 95.8 Å². The van der Waals surface area contributed by atoms with Crippen LogP contribution in [-0.2, 0) is 0 Å². The Balaban J connectivity index is 1.38. The van der Waals surface area contributed by atoms with Crippen molar-refractivity contribution in [1.82, 2.24) is 10.2 Å². The monoisotopic (exact) mass is 402 g/mol. The standard InChI is InChI=1S/C27H39BN2/c28-30-21-22-9-7-18-27(19-8-10-22)16-5-3-11-23(12-4-6-17-27)24-15-20-29-26-14-2-1-13-25(24)26/h1-2,13-15,20,22-23,30H,3-12,16-19,21H2. The summed E-state index contributed by atoms with van der Waals surface area (Å²) >= 11 is 0. The van der Waals surface area contributed by atoms with E-state index in [0.717, 1.165) is 18.0 Å². The smallest absolute Gasteiger partial charge is 0.177 e. The SMILES string of the molecule is [B]NCC1CCCC2(CCCCC(c3ccnc4ccccc34)CCCC2)CCC1. The van der Waals surface area contributed by atoms with E-state index in [1.54, 1.807) is 5.56 Å². The van der Waals surface area contributed by atoms with Gasteiger partial charge in [0.2, 0.25) is 0 Å².